The topological polar surface area (TPSA) is 234 Å². The zero-order valence-electron chi connectivity index (χ0n) is 40.2. The molecule has 0 saturated heterocycles. The molecule has 0 saturated carbocycles. The van der Waals surface area contributed by atoms with Crippen molar-refractivity contribution in [3.63, 3.8) is 0 Å². The number of benzene rings is 5. The number of sulfonamides is 1. The molecule has 4 N–H and O–H groups in total. The minimum Gasteiger partial charge on any atom is -0.694 e. The predicted octanol–water partition coefficient (Wildman–Crippen LogP) is 13.9. The van der Waals surface area contributed by atoms with Crippen LogP contribution in [-0.2, 0) is 21.3 Å². The zero-order valence-corrected chi connectivity index (χ0v) is 41.1. The van der Waals surface area contributed by atoms with E-state index in [9.17, 15) is 13.6 Å². The highest BCUT2D eigenvalue weighted by molar-refractivity contribution is 7.89. The molecule has 0 fully saturated rings. The fourth-order valence-electron chi connectivity index (χ4n) is 5.99. The first kappa shape index (κ1) is 54.0. The molecule has 66 heavy (non-hydrogen) atoms. The van der Waals surface area contributed by atoms with Crippen molar-refractivity contribution in [3.8, 4) is 0 Å². The van der Waals surface area contributed by atoms with Crippen LogP contribution in [0.2, 0.25) is 0 Å². The van der Waals surface area contributed by atoms with Crippen molar-refractivity contribution in [2.75, 3.05) is 5.23 Å². The van der Waals surface area contributed by atoms with Crippen molar-refractivity contribution in [1.82, 2.24) is 0 Å². The molecule has 0 radical (unpaired) electrons. The molecule has 5 aromatic carbocycles. The van der Waals surface area contributed by atoms with Crippen molar-refractivity contribution < 1.29 is 18.4 Å². The lowest BCUT2D eigenvalue weighted by atomic mass is 9.98. The van der Waals surface area contributed by atoms with Crippen LogP contribution in [0.1, 0.15) is 152 Å². The number of azide groups is 1. The molecule has 2 aliphatic rings. The summed E-state index contributed by atoms with van der Waals surface area (Å²) in [7, 11) is -3.55. The van der Waals surface area contributed by atoms with E-state index in [1.165, 1.54) is 39.9 Å². The lowest BCUT2D eigenvalue weighted by Crippen LogP contribution is -2.11. The quantitative estimate of drug-likeness (QED) is 0.0340. The largest absolute Gasteiger partial charge is 0.694 e. The number of rotatable bonds is 11. The molecular formula is C50H66N11O4S+. The summed E-state index contributed by atoms with van der Waals surface area (Å²) in [6, 6.07) is 36.7. The van der Waals surface area contributed by atoms with Gasteiger partial charge in [-0.15, -0.1) is 0 Å². The summed E-state index contributed by atoms with van der Waals surface area (Å²) in [4.78, 5) is 6.22. The summed E-state index contributed by atoms with van der Waals surface area (Å²) in [6.07, 6.45) is 0. The minimum atomic E-state index is -3.55. The SMILES string of the molecule is C=[N+]=Nc1ccc(C(C)C)cc1.CC(C)c1ccc(C2(C)N=N2)cc1.CC(C)c1ccc(C2(C)N=N2)cc1.CC(C)c1ccc(N=[N+]=[N-])c(N([O-])[OH2+])c1.CC(C)c1ccc(S(N)(=O)=O)cc1. The lowest BCUT2D eigenvalue weighted by Gasteiger charge is -2.19. The number of nitrogens with zero attached hydrogens (tertiary/aromatic N) is 10. The van der Waals surface area contributed by atoms with Crippen molar-refractivity contribution >= 4 is 33.8 Å². The third-order valence-corrected chi connectivity index (χ3v) is 11.6. The maximum atomic E-state index is 10.9. The van der Waals surface area contributed by atoms with E-state index in [0.29, 0.717) is 23.7 Å². The van der Waals surface area contributed by atoms with Gasteiger partial charge in [0, 0.05) is 20.8 Å². The Bertz CT molecular complexity index is 2510. The number of anilines is 1. The molecule has 0 amide bonds. The molecule has 16 heteroatoms. The number of nitrogens with two attached hydrogens (primary N) is 1. The Kier molecular flexibility index (Phi) is 19.8. The molecule has 350 valence electrons. The van der Waals surface area contributed by atoms with Gasteiger partial charge < -0.3 is 10.4 Å². The Hall–Kier alpha value is -6.38. The second kappa shape index (κ2) is 24.2. The minimum absolute atomic E-state index is 0.0457. The average Bonchev–Trinajstić information content (AvgIpc) is 4.22. The summed E-state index contributed by atoms with van der Waals surface area (Å²) in [5.41, 5.74) is 17.4. The van der Waals surface area contributed by atoms with Crippen LogP contribution in [0.5, 0.6) is 0 Å². The van der Waals surface area contributed by atoms with Gasteiger partial charge in [-0.05, 0) is 107 Å². The number of hydrogen-bond acceptors (Lipinski definition) is 10. The van der Waals surface area contributed by atoms with E-state index < -0.39 is 10.0 Å². The monoisotopic (exact) mass is 917 g/mol. The van der Waals surface area contributed by atoms with E-state index in [2.05, 4.69) is 149 Å². The van der Waals surface area contributed by atoms with Gasteiger partial charge >= 0.3 is 0 Å². The van der Waals surface area contributed by atoms with Crippen molar-refractivity contribution in [1.29, 1.82) is 0 Å². The predicted molar refractivity (Wildman–Crippen MR) is 266 cm³/mol. The maximum absolute atomic E-state index is 10.9. The van der Waals surface area contributed by atoms with Gasteiger partial charge in [-0.3, -0.25) is 0 Å². The van der Waals surface area contributed by atoms with Crippen molar-refractivity contribution in [2.45, 2.75) is 129 Å². The Morgan fingerprint density at radius 3 is 1.23 bits per heavy atom. The highest BCUT2D eigenvalue weighted by atomic mass is 32.2. The van der Waals surface area contributed by atoms with Crippen LogP contribution in [0.3, 0.4) is 0 Å². The fraction of sp³-hybridized carbons (Fsp3) is 0.380. The molecule has 2 aliphatic heterocycles. The fourth-order valence-corrected chi connectivity index (χ4v) is 6.51. The Morgan fingerprint density at radius 2 is 0.939 bits per heavy atom. The smallest absolute Gasteiger partial charge is 0.296 e. The molecule has 0 atom stereocenters. The van der Waals surface area contributed by atoms with Crippen LogP contribution in [-0.4, -0.2) is 25.1 Å². The molecule has 0 aliphatic carbocycles. The van der Waals surface area contributed by atoms with Crippen LogP contribution in [0.15, 0.2) is 151 Å². The molecule has 5 aromatic rings. The van der Waals surface area contributed by atoms with Crippen LogP contribution in [0.25, 0.3) is 10.4 Å². The molecule has 0 bridgehead atoms. The third kappa shape index (κ3) is 16.9. The average molecular weight is 917 g/mol. The molecule has 15 nitrogen and oxygen atoms in total. The van der Waals surface area contributed by atoms with E-state index in [0.717, 1.165) is 16.8 Å². The highest BCUT2D eigenvalue weighted by Crippen LogP contribution is 2.40. The summed E-state index contributed by atoms with van der Waals surface area (Å²) in [5, 5.41) is 46.0. The Labute approximate surface area is 390 Å². The molecule has 0 unspecified atom stereocenters. The molecule has 7 rings (SSSR count). The van der Waals surface area contributed by atoms with E-state index in [-0.39, 0.29) is 38.7 Å². The van der Waals surface area contributed by atoms with Gasteiger partial charge in [0.1, 0.15) is 16.5 Å². The van der Waals surface area contributed by atoms with Gasteiger partial charge in [0.25, 0.3) is 6.72 Å². The highest BCUT2D eigenvalue weighted by Gasteiger charge is 2.36. The Balaban J connectivity index is 0.000000219. The normalized spacial score (nSPS) is 13.4. The molecule has 0 aromatic heterocycles. The first-order valence-corrected chi connectivity index (χ1v) is 23.3. The number of hydrogen-bond donors (Lipinski definition) is 1. The summed E-state index contributed by atoms with van der Waals surface area (Å²) < 4.78 is 21.8. The molecular weight excluding hydrogens is 851 g/mol. The van der Waals surface area contributed by atoms with E-state index in [1.54, 1.807) is 30.3 Å². The van der Waals surface area contributed by atoms with Gasteiger partial charge in [0.2, 0.25) is 21.3 Å². The summed E-state index contributed by atoms with van der Waals surface area (Å²) >= 11 is 0. The van der Waals surface area contributed by atoms with Crippen LogP contribution in [0.4, 0.5) is 17.1 Å². The van der Waals surface area contributed by atoms with Gasteiger partial charge in [-0.2, -0.15) is 25.7 Å². The zero-order chi connectivity index (χ0) is 49.4. The summed E-state index contributed by atoms with van der Waals surface area (Å²) in [5.74, 6) is 2.40. The Morgan fingerprint density at radius 1 is 0.606 bits per heavy atom. The van der Waals surface area contributed by atoms with Crippen molar-refractivity contribution in [3.05, 3.63) is 170 Å². The van der Waals surface area contributed by atoms with Crippen LogP contribution in [0, 0.1) is 5.21 Å². The van der Waals surface area contributed by atoms with E-state index in [1.807, 2.05) is 53.7 Å². The first-order valence-electron chi connectivity index (χ1n) is 21.8. The lowest BCUT2D eigenvalue weighted by molar-refractivity contribution is -0.0631. The molecule has 0 spiro atoms. The molecule has 2 heterocycles. The van der Waals surface area contributed by atoms with Crippen molar-refractivity contribution in [2.24, 2.45) is 35.8 Å². The van der Waals surface area contributed by atoms with E-state index in [4.69, 9.17) is 15.9 Å². The first-order chi connectivity index (χ1) is 30.9. The third-order valence-electron chi connectivity index (χ3n) is 10.7. The van der Waals surface area contributed by atoms with Crippen LogP contribution >= 0.6 is 0 Å². The number of primary sulfonamides is 1. The van der Waals surface area contributed by atoms with Gasteiger partial charge in [-0.25, -0.2) is 13.6 Å². The second-order valence-corrected chi connectivity index (χ2v) is 19.2. The van der Waals surface area contributed by atoms with Gasteiger partial charge in [-0.1, -0.05) is 159 Å². The maximum Gasteiger partial charge on any atom is 0.296 e. The van der Waals surface area contributed by atoms with E-state index >= 15 is 0 Å². The van der Waals surface area contributed by atoms with Gasteiger partial charge in [0.15, 0.2) is 0 Å². The van der Waals surface area contributed by atoms with Crippen LogP contribution < -0.4 is 10.4 Å². The second-order valence-electron chi connectivity index (χ2n) is 17.6. The summed E-state index contributed by atoms with van der Waals surface area (Å²) in [6.45, 7) is 28.5. The standard InChI is InChI=1S/2C11H14N2.C10H13N2.C9H11N4O2.C9H13NO2S/c2*1-8(2)9-4-6-10(7-5-9)11(3)12-13-11;1-8(2)9-4-6-10(7-5-9)12-11-3;1-6(2)7-3-4-8(11-12-10)9(5-7)13(14)15;1-7(2)8-3-5-9(6-4-8)13(10,11)12/h2*4-8H,1-3H3;4-8H,3H2,1-2H3;3-6,14H,1-2H3;3-7H,1-2H3,(H2,10,11,12)/q;;+1;-1;/p+1. The van der Waals surface area contributed by atoms with Gasteiger partial charge in [0.05, 0.1) is 10.6 Å².